The first-order valence-electron chi connectivity index (χ1n) is 10.5. The molecular formula is C26H22N2O6. The molecule has 2 amide bonds. The van der Waals surface area contributed by atoms with Crippen LogP contribution in [0.25, 0.3) is 6.08 Å². The zero-order valence-corrected chi connectivity index (χ0v) is 18.2. The molecule has 1 aliphatic heterocycles. The third-order valence-corrected chi connectivity index (χ3v) is 4.87. The summed E-state index contributed by atoms with van der Waals surface area (Å²) in [6.45, 7) is -0.142. The van der Waals surface area contributed by atoms with Gasteiger partial charge in [0.1, 0.15) is 18.8 Å². The van der Waals surface area contributed by atoms with Crippen molar-refractivity contribution >= 4 is 23.9 Å². The summed E-state index contributed by atoms with van der Waals surface area (Å²) in [5.41, 5.74) is 1.79. The molecule has 2 N–H and O–H groups in total. The molecule has 34 heavy (non-hydrogen) atoms. The molecule has 4 rings (SSSR count). The van der Waals surface area contributed by atoms with Crippen LogP contribution in [0, 0.1) is 0 Å². The van der Waals surface area contributed by atoms with E-state index in [1.807, 2.05) is 30.3 Å². The maximum Gasteiger partial charge on any atom is 0.325 e. The van der Waals surface area contributed by atoms with Gasteiger partial charge in [-0.05, 0) is 41.5 Å². The maximum atomic E-state index is 12.9. The Morgan fingerprint density at radius 2 is 1.59 bits per heavy atom. The van der Waals surface area contributed by atoms with Gasteiger partial charge in [-0.2, -0.15) is 0 Å². The lowest BCUT2D eigenvalue weighted by Crippen LogP contribution is -2.37. The molecular weight excluding hydrogens is 436 g/mol. The third kappa shape index (κ3) is 6.01. The molecule has 3 aromatic rings. The highest BCUT2D eigenvalue weighted by molar-refractivity contribution is 6.05. The number of benzene rings is 3. The Morgan fingerprint density at radius 1 is 0.882 bits per heavy atom. The number of hydrogen-bond acceptors (Lipinski definition) is 6. The largest absolute Gasteiger partial charge is 0.460 e. The van der Waals surface area contributed by atoms with Crippen molar-refractivity contribution in [1.29, 1.82) is 0 Å². The average Bonchev–Trinajstić information content (AvgIpc) is 3.34. The van der Waals surface area contributed by atoms with E-state index in [9.17, 15) is 14.4 Å². The Morgan fingerprint density at radius 3 is 2.35 bits per heavy atom. The Bertz CT molecular complexity index is 1210. The quantitative estimate of drug-likeness (QED) is 0.397. The van der Waals surface area contributed by atoms with E-state index in [0.717, 1.165) is 5.56 Å². The monoisotopic (exact) mass is 458 g/mol. The van der Waals surface area contributed by atoms with E-state index < -0.39 is 17.8 Å². The van der Waals surface area contributed by atoms with Crippen molar-refractivity contribution in [3.05, 3.63) is 101 Å². The predicted octanol–water partition coefficient (Wildman–Crippen LogP) is 3.05. The fourth-order valence-corrected chi connectivity index (χ4v) is 3.15. The molecule has 0 aliphatic carbocycles. The fraction of sp³-hybridized carbons (Fsp3) is 0.115. The highest BCUT2D eigenvalue weighted by Gasteiger charge is 2.18. The molecule has 0 saturated heterocycles. The predicted molar refractivity (Wildman–Crippen MR) is 124 cm³/mol. The number of fused-ring (bicyclic) bond motifs is 1. The van der Waals surface area contributed by atoms with Crippen LogP contribution < -0.4 is 20.1 Å². The van der Waals surface area contributed by atoms with Crippen LogP contribution in [0.3, 0.4) is 0 Å². The van der Waals surface area contributed by atoms with Crippen molar-refractivity contribution in [2.24, 2.45) is 0 Å². The normalized spacial score (nSPS) is 12.1. The van der Waals surface area contributed by atoms with Gasteiger partial charge in [0.25, 0.3) is 11.8 Å². The van der Waals surface area contributed by atoms with E-state index in [1.54, 1.807) is 48.5 Å². The van der Waals surface area contributed by atoms with Crippen molar-refractivity contribution in [2.45, 2.75) is 6.61 Å². The summed E-state index contributed by atoms with van der Waals surface area (Å²) >= 11 is 0. The van der Waals surface area contributed by atoms with Crippen molar-refractivity contribution in [1.82, 2.24) is 10.6 Å². The maximum absolute atomic E-state index is 12.9. The first kappa shape index (κ1) is 22.6. The zero-order chi connectivity index (χ0) is 23.8. The summed E-state index contributed by atoms with van der Waals surface area (Å²) in [6.07, 6.45) is 1.49. The first-order valence-corrected chi connectivity index (χ1v) is 10.5. The number of esters is 1. The molecule has 0 aromatic heterocycles. The second-order valence-corrected chi connectivity index (χ2v) is 7.32. The SMILES string of the molecule is O=C(CNC(=O)/C(=C\c1ccc2c(c1)OCO2)NC(=O)c1ccccc1)OCc1ccccc1. The highest BCUT2D eigenvalue weighted by atomic mass is 16.7. The lowest BCUT2D eigenvalue weighted by atomic mass is 10.1. The number of rotatable bonds is 8. The summed E-state index contributed by atoms with van der Waals surface area (Å²) in [4.78, 5) is 37.6. The molecule has 8 heteroatoms. The number of ether oxygens (including phenoxy) is 3. The van der Waals surface area contributed by atoms with E-state index >= 15 is 0 Å². The van der Waals surface area contributed by atoms with Crippen LogP contribution >= 0.6 is 0 Å². The van der Waals surface area contributed by atoms with Gasteiger partial charge >= 0.3 is 5.97 Å². The molecule has 0 fully saturated rings. The Hall–Kier alpha value is -4.59. The van der Waals surface area contributed by atoms with Gasteiger partial charge in [0.05, 0.1) is 0 Å². The first-order chi connectivity index (χ1) is 16.6. The standard InChI is InChI=1S/C26H22N2O6/c29-24(32-16-18-7-3-1-4-8-18)15-27-26(31)21(28-25(30)20-9-5-2-6-10-20)13-19-11-12-22-23(14-19)34-17-33-22/h1-14H,15-17H2,(H,27,31)(H,28,30)/b21-13+. The van der Waals surface area contributed by atoms with E-state index in [2.05, 4.69) is 10.6 Å². The van der Waals surface area contributed by atoms with Crippen molar-refractivity contribution < 1.29 is 28.6 Å². The average molecular weight is 458 g/mol. The molecule has 172 valence electrons. The van der Waals surface area contributed by atoms with Crippen molar-refractivity contribution in [3.8, 4) is 11.5 Å². The van der Waals surface area contributed by atoms with Crippen LogP contribution in [0.5, 0.6) is 11.5 Å². The molecule has 8 nitrogen and oxygen atoms in total. The second-order valence-electron chi connectivity index (χ2n) is 7.32. The van der Waals surface area contributed by atoms with E-state index in [4.69, 9.17) is 14.2 Å². The Labute approximate surface area is 196 Å². The highest BCUT2D eigenvalue weighted by Crippen LogP contribution is 2.33. The van der Waals surface area contributed by atoms with Gasteiger partial charge in [0, 0.05) is 5.56 Å². The van der Waals surface area contributed by atoms with Crippen LogP contribution in [0.4, 0.5) is 0 Å². The number of amides is 2. The minimum absolute atomic E-state index is 0.0384. The minimum atomic E-state index is -0.640. The fourth-order valence-electron chi connectivity index (χ4n) is 3.15. The molecule has 0 saturated carbocycles. The van der Waals surface area contributed by atoms with Gasteiger partial charge in [-0.25, -0.2) is 0 Å². The van der Waals surface area contributed by atoms with Crippen molar-refractivity contribution in [3.63, 3.8) is 0 Å². The second kappa shape index (κ2) is 10.8. The topological polar surface area (TPSA) is 103 Å². The molecule has 0 unspecified atom stereocenters. The van der Waals surface area contributed by atoms with Gasteiger partial charge < -0.3 is 24.8 Å². The Kier molecular flexibility index (Phi) is 7.19. The smallest absolute Gasteiger partial charge is 0.325 e. The van der Waals surface area contributed by atoms with Crippen molar-refractivity contribution in [2.75, 3.05) is 13.3 Å². The van der Waals surface area contributed by atoms with Crippen LogP contribution in [-0.4, -0.2) is 31.1 Å². The summed E-state index contributed by atoms with van der Waals surface area (Å²) in [6, 6.07) is 22.8. The Balaban J connectivity index is 1.44. The summed E-state index contributed by atoms with van der Waals surface area (Å²) in [5, 5.41) is 5.11. The minimum Gasteiger partial charge on any atom is -0.460 e. The zero-order valence-electron chi connectivity index (χ0n) is 18.2. The number of carbonyl (C=O) groups excluding carboxylic acids is 3. The van der Waals surface area contributed by atoms with Gasteiger partial charge in [0.2, 0.25) is 6.79 Å². The van der Waals surface area contributed by atoms with Crippen LogP contribution in [0.15, 0.2) is 84.6 Å². The number of hydrogen-bond donors (Lipinski definition) is 2. The third-order valence-electron chi connectivity index (χ3n) is 4.87. The molecule has 0 bridgehead atoms. The van der Waals surface area contributed by atoms with Gasteiger partial charge in [-0.1, -0.05) is 54.6 Å². The summed E-state index contributed by atoms with van der Waals surface area (Å²) in [7, 11) is 0. The summed E-state index contributed by atoms with van der Waals surface area (Å²) in [5.74, 6) is -0.577. The molecule has 1 heterocycles. The lowest BCUT2D eigenvalue weighted by molar-refractivity contribution is -0.144. The molecule has 1 aliphatic rings. The number of carbonyl (C=O) groups is 3. The van der Waals surface area contributed by atoms with Crippen LogP contribution in [-0.2, 0) is 20.9 Å². The molecule has 0 atom stereocenters. The molecule has 0 spiro atoms. The lowest BCUT2D eigenvalue weighted by Gasteiger charge is -2.11. The summed E-state index contributed by atoms with van der Waals surface area (Å²) < 4.78 is 15.9. The van der Waals surface area contributed by atoms with Crippen LogP contribution in [0.1, 0.15) is 21.5 Å². The van der Waals surface area contributed by atoms with Gasteiger partial charge in [-0.3, -0.25) is 14.4 Å². The molecule has 3 aromatic carbocycles. The van der Waals surface area contributed by atoms with E-state index in [0.29, 0.717) is 22.6 Å². The van der Waals surface area contributed by atoms with Gasteiger partial charge in [0.15, 0.2) is 11.5 Å². The number of nitrogens with one attached hydrogen (secondary N) is 2. The van der Waals surface area contributed by atoms with Gasteiger partial charge in [-0.15, -0.1) is 0 Å². The van der Waals surface area contributed by atoms with E-state index in [1.165, 1.54) is 6.08 Å². The van der Waals surface area contributed by atoms with Crippen LogP contribution in [0.2, 0.25) is 0 Å². The van der Waals surface area contributed by atoms with E-state index in [-0.39, 0.29) is 25.6 Å². The molecule has 0 radical (unpaired) electrons.